The highest BCUT2D eigenvalue weighted by atomic mass is 32.1. The van der Waals surface area contributed by atoms with E-state index in [2.05, 4.69) is 231 Å². The molecule has 11 aromatic carbocycles. The van der Waals surface area contributed by atoms with E-state index in [1.807, 2.05) is 51.4 Å². The third-order valence-electron chi connectivity index (χ3n) is 14.9. The minimum absolute atomic E-state index is 0.612. The van der Waals surface area contributed by atoms with Gasteiger partial charge in [0.25, 0.3) is 0 Å². The lowest BCUT2D eigenvalue weighted by Gasteiger charge is -2.14. The quantitative estimate of drug-likeness (QED) is 0.160. The second kappa shape index (κ2) is 17.5. The van der Waals surface area contributed by atoms with Crippen LogP contribution in [0.4, 0.5) is 0 Å². The van der Waals surface area contributed by atoms with Gasteiger partial charge in [-0.15, -0.1) is 45.3 Å². The van der Waals surface area contributed by atoms with E-state index in [1.54, 1.807) is 0 Å². The van der Waals surface area contributed by atoms with Crippen LogP contribution in [0.5, 0.6) is 0 Å². The summed E-state index contributed by atoms with van der Waals surface area (Å²) in [5.41, 5.74) is 11.7. The van der Waals surface area contributed by atoms with Crippen molar-refractivity contribution in [2.24, 2.45) is 0 Å². The van der Waals surface area contributed by atoms with Gasteiger partial charge in [0.1, 0.15) is 0 Å². The fourth-order valence-electron chi connectivity index (χ4n) is 11.2. The molecule has 0 atom stereocenters. The smallest absolute Gasteiger partial charge is 0.164 e. The molecule has 5 aromatic heterocycles. The Bertz CT molecular complexity index is 4890. The van der Waals surface area contributed by atoms with Gasteiger partial charge in [0.2, 0.25) is 0 Å². The second-order valence-electron chi connectivity index (χ2n) is 19.5. The summed E-state index contributed by atoms with van der Waals surface area (Å²) in [6.45, 7) is 0. The monoisotopic (exact) mass is 1040 g/mol. The Kier molecular flexibility index (Phi) is 10.0. The van der Waals surface area contributed by atoms with Gasteiger partial charge in [-0.2, -0.15) is 0 Å². The van der Waals surface area contributed by atoms with Crippen molar-refractivity contribution in [1.29, 1.82) is 0 Å². The highest BCUT2D eigenvalue weighted by Crippen LogP contribution is 2.44. The lowest BCUT2D eigenvalue weighted by molar-refractivity contribution is 1.07. The number of nitrogens with zero attached hydrogens (tertiary/aromatic N) is 3. The van der Waals surface area contributed by atoms with Crippen LogP contribution in [0.1, 0.15) is 0 Å². The molecule has 7 heteroatoms. The number of rotatable bonds is 7. The first-order valence-corrected chi connectivity index (χ1v) is 28.6. The highest BCUT2D eigenvalue weighted by Gasteiger charge is 2.19. The van der Waals surface area contributed by atoms with Gasteiger partial charge in [-0.3, -0.25) is 0 Å². The number of benzene rings is 11. The minimum atomic E-state index is 0.612. The Morgan fingerprint density at radius 2 is 0.461 bits per heavy atom. The van der Waals surface area contributed by atoms with Crippen LogP contribution in [0.2, 0.25) is 0 Å². The Morgan fingerprint density at radius 3 is 0.882 bits per heavy atom. The fourth-order valence-corrected chi connectivity index (χ4v) is 15.6. The van der Waals surface area contributed by atoms with Crippen LogP contribution >= 0.6 is 45.3 Å². The zero-order valence-electron chi connectivity index (χ0n) is 40.5. The van der Waals surface area contributed by atoms with Crippen LogP contribution in [0.3, 0.4) is 0 Å². The van der Waals surface area contributed by atoms with E-state index in [1.165, 1.54) is 80.7 Å². The summed E-state index contributed by atoms with van der Waals surface area (Å²) in [7, 11) is 0. The van der Waals surface area contributed by atoms with Crippen molar-refractivity contribution < 1.29 is 0 Å². The van der Waals surface area contributed by atoms with E-state index >= 15 is 0 Å². The van der Waals surface area contributed by atoms with Gasteiger partial charge in [-0.1, -0.05) is 133 Å². The molecule has 76 heavy (non-hydrogen) atoms. The van der Waals surface area contributed by atoms with Gasteiger partial charge in [0, 0.05) is 97.4 Å². The van der Waals surface area contributed by atoms with Gasteiger partial charge in [-0.25, -0.2) is 15.0 Å². The summed E-state index contributed by atoms with van der Waals surface area (Å²) >= 11 is 7.38. The molecule has 0 spiro atoms. The van der Waals surface area contributed by atoms with E-state index < -0.39 is 0 Å². The molecule has 0 amide bonds. The Hall–Kier alpha value is -8.69. The first-order valence-electron chi connectivity index (χ1n) is 25.4. The molecule has 0 unspecified atom stereocenters. The summed E-state index contributed by atoms with van der Waals surface area (Å²) < 4.78 is 10.3. The number of aromatic nitrogens is 3. The fraction of sp³-hybridized carbons (Fsp3) is 0. The van der Waals surface area contributed by atoms with Crippen molar-refractivity contribution in [2.45, 2.75) is 0 Å². The molecular weight excluding hydrogens is 999 g/mol. The van der Waals surface area contributed by atoms with Gasteiger partial charge < -0.3 is 0 Å². The van der Waals surface area contributed by atoms with Gasteiger partial charge in [0.05, 0.1) is 0 Å². The Morgan fingerprint density at radius 1 is 0.171 bits per heavy atom. The van der Waals surface area contributed by atoms with Gasteiger partial charge >= 0.3 is 0 Å². The molecule has 3 nitrogen and oxygen atoms in total. The van der Waals surface area contributed by atoms with E-state index in [0.717, 1.165) is 61.2 Å². The largest absolute Gasteiger partial charge is 0.208 e. The molecule has 354 valence electrons. The second-order valence-corrected chi connectivity index (χ2v) is 23.8. The van der Waals surface area contributed by atoms with Crippen LogP contribution < -0.4 is 0 Å². The third-order valence-corrected chi connectivity index (χ3v) is 19.5. The molecular formula is C69H39N3S4. The van der Waals surface area contributed by atoms with Crippen molar-refractivity contribution in [3.05, 3.63) is 237 Å². The van der Waals surface area contributed by atoms with Crippen LogP contribution in [0, 0.1) is 0 Å². The maximum absolute atomic E-state index is 5.55. The normalized spacial score (nSPS) is 11.9. The van der Waals surface area contributed by atoms with Crippen molar-refractivity contribution in [2.75, 3.05) is 0 Å². The van der Waals surface area contributed by atoms with Crippen LogP contribution in [0.25, 0.3) is 159 Å². The van der Waals surface area contributed by atoms with Crippen molar-refractivity contribution in [3.8, 4) is 78.7 Å². The SMILES string of the molecule is c1ccc(-c2nc(-c3cc(-c4ccc5c(c4)sc4ccccc45)cc(-c4ccc5sc6ccccc6c5c4)c3)nc(-c3cc(-c4ccc5sc6ccccc6c5c4)cc(-c4ccc5sc6ccccc6c5c4)c3)n2)cc1. The molecule has 16 aromatic rings. The van der Waals surface area contributed by atoms with Gasteiger partial charge in [0.15, 0.2) is 17.5 Å². The highest BCUT2D eigenvalue weighted by molar-refractivity contribution is 7.27. The van der Waals surface area contributed by atoms with Crippen molar-refractivity contribution >= 4 is 126 Å². The minimum Gasteiger partial charge on any atom is -0.208 e. The molecule has 0 fully saturated rings. The maximum Gasteiger partial charge on any atom is 0.164 e. The van der Waals surface area contributed by atoms with E-state index in [-0.39, 0.29) is 0 Å². The van der Waals surface area contributed by atoms with Crippen LogP contribution in [-0.4, -0.2) is 15.0 Å². The van der Waals surface area contributed by atoms with E-state index in [9.17, 15) is 0 Å². The zero-order valence-corrected chi connectivity index (χ0v) is 43.8. The van der Waals surface area contributed by atoms with Crippen molar-refractivity contribution in [1.82, 2.24) is 15.0 Å². The number of hydrogen-bond acceptors (Lipinski definition) is 7. The molecule has 0 N–H and O–H groups in total. The summed E-state index contributed by atoms with van der Waals surface area (Å²) in [4.78, 5) is 16.3. The maximum atomic E-state index is 5.55. The van der Waals surface area contributed by atoms with Crippen molar-refractivity contribution in [3.63, 3.8) is 0 Å². The summed E-state index contributed by atoms with van der Waals surface area (Å²) in [5, 5.41) is 10.2. The molecule has 0 aliphatic rings. The van der Waals surface area contributed by atoms with E-state index in [0.29, 0.717) is 17.5 Å². The number of hydrogen-bond donors (Lipinski definition) is 0. The molecule has 0 radical (unpaired) electrons. The Labute approximate surface area is 453 Å². The lowest BCUT2D eigenvalue weighted by atomic mass is 9.94. The molecule has 16 rings (SSSR count). The topological polar surface area (TPSA) is 38.7 Å². The lowest BCUT2D eigenvalue weighted by Crippen LogP contribution is -2.01. The average molecular weight is 1040 g/mol. The van der Waals surface area contributed by atoms with Crippen LogP contribution in [-0.2, 0) is 0 Å². The molecule has 5 heterocycles. The summed E-state index contributed by atoms with van der Waals surface area (Å²) in [5.74, 6) is 1.84. The van der Waals surface area contributed by atoms with Gasteiger partial charge in [-0.05, 0) is 148 Å². The predicted molar refractivity (Wildman–Crippen MR) is 329 cm³/mol. The summed E-state index contributed by atoms with van der Waals surface area (Å²) in [6, 6.07) is 86.6. The average Bonchev–Trinajstić information content (AvgIpc) is 4.28. The Balaban J connectivity index is 0.922. The first-order chi connectivity index (χ1) is 37.6. The zero-order chi connectivity index (χ0) is 49.8. The van der Waals surface area contributed by atoms with E-state index in [4.69, 9.17) is 15.0 Å². The molecule has 0 saturated heterocycles. The predicted octanol–water partition coefficient (Wildman–Crippen LogP) is 21.0. The molecule has 0 aliphatic heterocycles. The standard InChI is InChI=1S/C69H39N3S4/c1-2-12-40(13-3-1)67-70-68(49-32-45(41-23-27-63-56(36-41)52-15-5-9-19-60(52)73-63)30-46(33-49)42-24-28-64-57(37-42)53-16-6-10-20-61(53)74-64)72-69(71-67)50-34-47(43-25-29-65-58(38-43)54-17-7-11-21-62(54)75-65)31-48(35-50)44-22-26-55-51-14-4-8-18-59(51)76-66(55)39-44/h1-39H. The first kappa shape index (κ1) is 43.7. The number of thiophene rings is 4. The van der Waals surface area contributed by atoms with Crippen LogP contribution in [0.15, 0.2) is 237 Å². The molecule has 0 saturated carbocycles. The molecule has 0 bridgehead atoms. The third kappa shape index (κ3) is 7.38. The summed E-state index contributed by atoms with van der Waals surface area (Å²) in [6.07, 6.45) is 0. The number of fused-ring (bicyclic) bond motifs is 12. The molecule has 0 aliphatic carbocycles.